The lowest BCUT2D eigenvalue weighted by molar-refractivity contribution is 0.0223. The predicted octanol–water partition coefficient (Wildman–Crippen LogP) is 6.10. The van der Waals surface area contributed by atoms with Crippen LogP contribution in [0.15, 0.2) is 39.9 Å². The Morgan fingerprint density at radius 1 is 0.980 bits per heavy atom. The summed E-state index contributed by atoms with van der Waals surface area (Å²) >= 11 is 0. The lowest BCUT2D eigenvalue weighted by Gasteiger charge is -2.33. The zero-order valence-electron chi connectivity index (χ0n) is 29.0. The number of rotatable bonds is 7. The minimum atomic E-state index is -0.737. The number of Topliss-reactive ketones (excluding diaryl/α,β-unsaturated/α-hetero) is 1. The van der Waals surface area contributed by atoms with E-state index in [0.29, 0.717) is 51.1 Å². The van der Waals surface area contributed by atoms with E-state index in [1.807, 2.05) is 46.8 Å². The molecule has 0 bridgehead atoms. The number of aromatic nitrogens is 2. The number of fused-ring (bicyclic) bond motifs is 2. The Morgan fingerprint density at radius 2 is 1.73 bits per heavy atom. The summed E-state index contributed by atoms with van der Waals surface area (Å²) in [7, 11) is 0. The lowest BCUT2D eigenvalue weighted by Crippen LogP contribution is -2.43. The van der Waals surface area contributed by atoms with E-state index in [1.165, 1.54) is 15.2 Å². The number of benzene rings is 2. The maximum Gasteiger partial charge on any atom is 0.410 e. The molecule has 6 rings (SSSR count). The smallest absolute Gasteiger partial charge is 0.410 e. The minimum Gasteiger partial charge on any atom is -0.444 e. The van der Waals surface area contributed by atoms with Gasteiger partial charge in [-0.3, -0.25) is 18.7 Å². The number of halogens is 1. The molecule has 1 aromatic heterocycles. The van der Waals surface area contributed by atoms with E-state index in [0.717, 1.165) is 36.5 Å². The molecule has 1 saturated heterocycles. The summed E-state index contributed by atoms with van der Waals surface area (Å²) < 4.78 is 23.6. The van der Waals surface area contributed by atoms with E-state index >= 15 is 4.39 Å². The number of carbonyl (C=O) groups is 3. The van der Waals surface area contributed by atoms with E-state index in [4.69, 9.17) is 4.74 Å². The Hall–Kier alpha value is -4.48. The number of urea groups is 1. The van der Waals surface area contributed by atoms with Gasteiger partial charge in [-0.15, -0.1) is 0 Å². The topological polar surface area (TPSA) is 123 Å². The summed E-state index contributed by atoms with van der Waals surface area (Å²) in [5, 5.41) is 2.83. The number of hydrogen-bond acceptors (Lipinski definition) is 6. The average Bonchev–Trinajstić information content (AvgIpc) is 3.87. The van der Waals surface area contributed by atoms with Gasteiger partial charge >= 0.3 is 17.8 Å². The summed E-state index contributed by atoms with van der Waals surface area (Å²) in [6.07, 6.45) is 3.94. The average molecular weight is 676 g/mol. The minimum absolute atomic E-state index is 0.0103. The monoisotopic (exact) mass is 675 g/mol. The van der Waals surface area contributed by atoms with Crippen LogP contribution in [0, 0.1) is 17.7 Å². The first kappa shape index (κ1) is 34.4. The van der Waals surface area contributed by atoms with Gasteiger partial charge in [-0.2, -0.15) is 0 Å². The normalized spacial score (nSPS) is 18.1. The third kappa shape index (κ3) is 7.58. The lowest BCUT2D eigenvalue weighted by atomic mass is 9.89. The van der Waals surface area contributed by atoms with Crippen LogP contribution in [0.25, 0.3) is 10.9 Å². The molecule has 262 valence electrons. The van der Waals surface area contributed by atoms with Crippen LogP contribution in [0.5, 0.6) is 0 Å². The van der Waals surface area contributed by atoms with E-state index in [2.05, 4.69) is 5.32 Å². The van der Waals surface area contributed by atoms with Gasteiger partial charge in [0.05, 0.1) is 16.6 Å². The molecule has 3 aromatic rings. The van der Waals surface area contributed by atoms with Crippen LogP contribution in [-0.4, -0.2) is 62.1 Å². The number of likely N-dealkylation sites (tertiary alicyclic amines) is 1. The van der Waals surface area contributed by atoms with Crippen molar-refractivity contribution >= 4 is 34.5 Å². The number of carbonyl (C=O) groups excluding carboxylic acids is 3. The molecule has 2 aromatic carbocycles. The molecular weight excluding hydrogens is 629 g/mol. The van der Waals surface area contributed by atoms with Crippen molar-refractivity contribution in [2.45, 2.75) is 97.9 Å². The number of ketones is 1. The number of nitrogens with zero attached hydrogens (tertiary/aromatic N) is 4. The second-order valence-corrected chi connectivity index (χ2v) is 15.1. The van der Waals surface area contributed by atoms with Gasteiger partial charge in [0.25, 0.3) is 5.56 Å². The standard InChI is InChI=1S/C37H46FN5O6/c1-22(2)43-31-18-29(38)30(17-28(31)33(45)42(35(43)47)20-23-8-9-23)39-34(46)40-13-6-7-24(19-40)15-32(44)26-10-11-27-21-41(14-12-25(27)16-26)36(48)49-37(3,4)5/h10-11,16-18,22-24H,6-9,12-15,19-21H2,1-5H3,(H,39,46). The van der Waals surface area contributed by atoms with E-state index in [-0.39, 0.29) is 52.8 Å². The number of hydrogen-bond donors (Lipinski definition) is 1. The summed E-state index contributed by atoms with van der Waals surface area (Å²) in [5.74, 6) is -0.531. The van der Waals surface area contributed by atoms with Gasteiger partial charge in [0, 0.05) is 56.8 Å². The maximum absolute atomic E-state index is 15.4. The van der Waals surface area contributed by atoms with Gasteiger partial charge in [0.2, 0.25) is 0 Å². The number of piperidine rings is 1. The molecule has 1 saturated carbocycles. The molecule has 3 amide bonds. The number of ether oxygens (including phenoxy) is 1. The van der Waals surface area contributed by atoms with E-state index < -0.39 is 28.7 Å². The second-order valence-electron chi connectivity index (χ2n) is 15.1. The Bertz CT molecular complexity index is 1920. The quantitative estimate of drug-likeness (QED) is 0.302. The molecule has 1 unspecified atom stereocenters. The number of amides is 3. The van der Waals surface area contributed by atoms with Crippen molar-refractivity contribution < 1.29 is 23.5 Å². The first-order chi connectivity index (χ1) is 23.2. The Balaban J connectivity index is 1.12. The Morgan fingerprint density at radius 3 is 2.43 bits per heavy atom. The van der Waals surface area contributed by atoms with Gasteiger partial charge in [0.15, 0.2) is 5.78 Å². The second kappa shape index (κ2) is 13.4. The fourth-order valence-electron chi connectivity index (χ4n) is 6.91. The molecule has 3 heterocycles. The fraction of sp³-hybridized carbons (Fsp3) is 0.541. The van der Waals surface area contributed by atoms with Crippen LogP contribution in [0.4, 0.5) is 19.7 Å². The number of nitrogens with one attached hydrogen (secondary N) is 1. The zero-order chi connectivity index (χ0) is 35.2. The molecule has 3 aliphatic rings. The fourth-order valence-corrected chi connectivity index (χ4v) is 6.91. The predicted molar refractivity (Wildman–Crippen MR) is 185 cm³/mol. The molecule has 12 heteroatoms. The summed E-state index contributed by atoms with van der Waals surface area (Å²) in [6, 6.07) is 7.29. The van der Waals surface area contributed by atoms with E-state index in [9.17, 15) is 24.0 Å². The van der Waals surface area contributed by atoms with Crippen LogP contribution in [0.1, 0.15) is 94.2 Å². The highest BCUT2D eigenvalue weighted by Crippen LogP contribution is 2.31. The van der Waals surface area contributed by atoms with Gasteiger partial charge in [-0.1, -0.05) is 12.1 Å². The highest BCUT2D eigenvalue weighted by molar-refractivity contribution is 5.97. The number of anilines is 1. The van der Waals surface area contributed by atoms with Crippen LogP contribution in [0.2, 0.25) is 0 Å². The van der Waals surface area contributed by atoms with Crippen molar-refractivity contribution in [1.82, 2.24) is 18.9 Å². The Kier molecular flexibility index (Phi) is 9.43. The van der Waals surface area contributed by atoms with Crippen molar-refractivity contribution in [2.24, 2.45) is 11.8 Å². The van der Waals surface area contributed by atoms with Crippen molar-refractivity contribution in [3.63, 3.8) is 0 Å². The molecule has 2 fully saturated rings. The van der Waals surface area contributed by atoms with Crippen LogP contribution >= 0.6 is 0 Å². The van der Waals surface area contributed by atoms with Gasteiger partial charge in [-0.25, -0.2) is 18.8 Å². The highest BCUT2D eigenvalue weighted by Gasteiger charge is 2.30. The molecular formula is C37H46FN5O6. The first-order valence-electron chi connectivity index (χ1n) is 17.4. The maximum atomic E-state index is 15.4. The third-order valence-electron chi connectivity index (χ3n) is 9.63. The molecule has 0 spiro atoms. The molecule has 11 nitrogen and oxygen atoms in total. The summed E-state index contributed by atoms with van der Waals surface area (Å²) in [6.45, 7) is 11.2. The largest absolute Gasteiger partial charge is 0.444 e. The van der Waals surface area contributed by atoms with Gasteiger partial charge < -0.3 is 19.9 Å². The van der Waals surface area contributed by atoms with E-state index in [1.54, 1.807) is 15.9 Å². The first-order valence-corrected chi connectivity index (χ1v) is 17.4. The Labute approximate surface area is 285 Å². The molecule has 1 atom stereocenters. The van der Waals surface area contributed by atoms with Crippen LogP contribution in [-0.2, 0) is 24.2 Å². The molecule has 1 N–H and O–H groups in total. The van der Waals surface area contributed by atoms with Crippen molar-refractivity contribution in [3.05, 3.63) is 73.7 Å². The van der Waals surface area contributed by atoms with Gasteiger partial charge in [0.1, 0.15) is 11.4 Å². The molecule has 2 aliphatic heterocycles. The third-order valence-corrected chi connectivity index (χ3v) is 9.63. The summed E-state index contributed by atoms with van der Waals surface area (Å²) in [4.78, 5) is 69.2. The van der Waals surface area contributed by atoms with Gasteiger partial charge in [-0.05, 0) is 102 Å². The summed E-state index contributed by atoms with van der Waals surface area (Å²) in [5.41, 5.74) is 1.20. The SMILES string of the molecule is CC(C)n1c(=O)n(CC2CC2)c(=O)c2cc(NC(=O)N3CCCC(CC(=O)c4ccc5c(c4)CCN(C(=O)OC(C)(C)C)C5)C3)c(F)cc21. The van der Waals surface area contributed by atoms with Crippen LogP contribution in [0.3, 0.4) is 0 Å². The molecule has 49 heavy (non-hydrogen) atoms. The zero-order valence-corrected chi connectivity index (χ0v) is 29.0. The van der Waals surface area contributed by atoms with Crippen LogP contribution < -0.4 is 16.6 Å². The van der Waals surface area contributed by atoms with Crippen molar-refractivity contribution in [1.29, 1.82) is 0 Å². The van der Waals surface area contributed by atoms with Crippen molar-refractivity contribution in [2.75, 3.05) is 25.0 Å². The van der Waals surface area contributed by atoms with Crippen molar-refractivity contribution in [3.8, 4) is 0 Å². The highest BCUT2D eigenvalue weighted by atomic mass is 19.1. The molecule has 1 aliphatic carbocycles. The molecule has 0 radical (unpaired) electrons.